The molecule has 0 bridgehead atoms. The summed E-state index contributed by atoms with van der Waals surface area (Å²) in [5.41, 5.74) is 0.762. The lowest BCUT2D eigenvalue weighted by Crippen LogP contribution is -2.39. The highest BCUT2D eigenvalue weighted by Gasteiger charge is 2.33. The van der Waals surface area contributed by atoms with Crippen molar-refractivity contribution in [3.8, 4) is 0 Å². The summed E-state index contributed by atoms with van der Waals surface area (Å²) in [7, 11) is 1.94. The number of hydrogen-bond donors (Lipinski definition) is 0. The summed E-state index contributed by atoms with van der Waals surface area (Å²) >= 11 is 0. The van der Waals surface area contributed by atoms with Crippen molar-refractivity contribution in [1.82, 2.24) is 24.2 Å². The molecule has 23 heavy (non-hydrogen) atoms. The second-order valence-electron chi connectivity index (χ2n) is 6.66. The Balaban J connectivity index is 1.65. The molecule has 0 N–H and O–H groups in total. The molecule has 2 aromatic heterocycles. The molecule has 0 saturated carbocycles. The van der Waals surface area contributed by atoms with Crippen LogP contribution >= 0.6 is 0 Å². The molecule has 0 aromatic carbocycles. The first kappa shape index (κ1) is 14.5. The van der Waals surface area contributed by atoms with Crippen LogP contribution in [-0.4, -0.2) is 36.7 Å². The fourth-order valence-electron chi connectivity index (χ4n) is 3.82. The Bertz CT molecular complexity index is 716. The third kappa shape index (κ3) is 2.56. The van der Waals surface area contributed by atoms with E-state index in [4.69, 9.17) is 0 Å². The highest BCUT2D eigenvalue weighted by molar-refractivity contribution is 5.94. The van der Waals surface area contributed by atoms with Crippen LogP contribution in [0.5, 0.6) is 0 Å². The third-order valence-electron chi connectivity index (χ3n) is 5.03. The van der Waals surface area contributed by atoms with Crippen LogP contribution in [0, 0.1) is 0 Å². The number of aryl methyl sites for hydroxylation is 2. The SMILES string of the molecule is Cn1ccc(C(=O)N2CCCCC2c2nnc3n2CCCC3)c1. The van der Waals surface area contributed by atoms with Crippen LogP contribution in [0.3, 0.4) is 0 Å². The number of fused-ring (bicyclic) bond motifs is 1. The predicted octanol–water partition coefficient (Wildman–Crippen LogP) is 2.32. The van der Waals surface area contributed by atoms with Crippen molar-refractivity contribution in [1.29, 1.82) is 0 Å². The highest BCUT2D eigenvalue weighted by Crippen LogP contribution is 2.32. The van der Waals surface area contributed by atoms with Gasteiger partial charge in [0.1, 0.15) is 5.82 Å². The summed E-state index contributed by atoms with van der Waals surface area (Å²) in [5, 5.41) is 8.84. The molecule has 4 heterocycles. The fourth-order valence-corrected chi connectivity index (χ4v) is 3.82. The van der Waals surface area contributed by atoms with E-state index in [0.717, 1.165) is 56.0 Å². The number of carbonyl (C=O) groups excluding carboxylic acids is 1. The van der Waals surface area contributed by atoms with Crippen LogP contribution in [0.4, 0.5) is 0 Å². The van der Waals surface area contributed by atoms with E-state index in [1.807, 2.05) is 35.0 Å². The number of carbonyl (C=O) groups is 1. The van der Waals surface area contributed by atoms with Crippen LogP contribution in [0.15, 0.2) is 18.5 Å². The van der Waals surface area contributed by atoms with E-state index in [9.17, 15) is 4.79 Å². The number of hydrogen-bond acceptors (Lipinski definition) is 3. The largest absolute Gasteiger partial charge is 0.356 e. The normalized spacial score (nSPS) is 21.3. The predicted molar refractivity (Wildman–Crippen MR) is 86.0 cm³/mol. The first-order valence-electron chi connectivity index (χ1n) is 8.59. The van der Waals surface area contributed by atoms with Crippen molar-refractivity contribution < 1.29 is 4.79 Å². The van der Waals surface area contributed by atoms with Crippen molar-refractivity contribution >= 4 is 5.91 Å². The molecule has 2 aliphatic rings. The minimum absolute atomic E-state index is 0.0656. The van der Waals surface area contributed by atoms with Gasteiger partial charge in [-0.1, -0.05) is 0 Å². The quantitative estimate of drug-likeness (QED) is 0.855. The van der Waals surface area contributed by atoms with E-state index in [1.54, 1.807) is 0 Å². The van der Waals surface area contributed by atoms with Gasteiger partial charge >= 0.3 is 0 Å². The molecule has 1 atom stereocenters. The van der Waals surface area contributed by atoms with Gasteiger partial charge in [-0.3, -0.25) is 4.79 Å². The Morgan fingerprint density at radius 3 is 2.87 bits per heavy atom. The molecule has 1 saturated heterocycles. The van der Waals surface area contributed by atoms with Crippen LogP contribution in [0.2, 0.25) is 0 Å². The molecule has 0 aliphatic carbocycles. The molecule has 4 rings (SSSR count). The molecule has 1 fully saturated rings. The van der Waals surface area contributed by atoms with Gasteiger partial charge in [-0.05, 0) is 38.2 Å². The van der Waals surface area contributed by atoms with Gasteiger partial charge in [0.2, 0.25) is 0 Å². The summed E-state index contributed by atoms with van der Waals surface area (Å²) in [4.78, 5) is 14.9. The van der Waals surface area contributed by atoms with Crippen molar-refractivity contribution in [2.45, 2.75) is 51.1 Å². The molecule has 122 valence electrons. The minimum Gasteiger partial charge on any atom is -0.356 e. The van der Waals surface area contributed by atoms with Crippen LogP contribution < -0.4 is 0 Å². The van der Waals surface area contributed by atoms with Crippen molar-refractivity contribution in [3.05, 3.63) is 35.7 Å². The Kier molecular flexibility index (Phi) is 3.67. The van der Waals surface area contributed by atoms with E-state index in [-0.39, 0.29) is 11.9 Å². The van der Waals surface area contributed by atoms with Gasteiger partial charge in [-0.15, -0.1) is 10.2 Å². The van der Waals surface area contributed by atoms with Gasteiger partial charge in [-0.2, -0.15) is 0 Å². The van der Waals surface area contributed by atoms with E-state index in [0.29, 0.717) is 0 Å². The number of aromatic nitrogens is 4. The molecule has 1 unspecified atom stereocenters. The maximum atomic E-state index is 12.9. The average Bonchev–Trinajstić information content (AvgIpc) is 3.20. The van der Waals surface area contributed by atoms with E-state index < -0.39 is 0 Å². The molecule has 1 amide bonds. The number of likely N-dealkylation sites (tertiary alicyclic amines) is 1. The molecule has 6 heteroatoms. The number of nitrogens with zero attached hydrogens (tertiary/aromatic N) is 5. The number of amides is 1. The Morgan fingerprint density at radius 1 is 1.17 bits per heavy atom. The van der Waals surface area contributed by atoms with Gasteiger partial charge in [-0.25, -0.2) is 0 Å². The highest BCUT2D eigenvalue weighted by atomic mass is 16.2. The van der Waals surface area contributed by atoms with Gasteiger partial charge in [0.25, 0.3) is 5.91 Å². The van der Waals surface area contributed by atoms with E-state index >= 15 is 0 Å². The Morgan fingerprint density at radius 2 is 2.04 bits per heavy atom. The summed E-state index contributed by atoms with van der Waals surface area (Å²) in [5.74, 6) is 2.19. The van der Waals surface area contributed by atoms with Crippen LogP contribution in [0.1, 0.15) is 60.2 Å². The molecule has 0 radical (unpaired) electrons. The smallest absolute Gasteiger partial charge is 0.256 e. The zero-order valence-corrected chi connectivity index (χ0v) is 13.6. The summed E-state index contributed by atoms with van der Waals surface area (Å²) in [6.07, 6.45) is 10.4. The molecule has 2 aliphatic heterocycles. The first-order valence-corrected chi connectivity index (χ1v) is 8.59. The maximum absolute atomic E-state index is 12.9. The maximum Gasteiger partial charge on any atom is 0.256 e. The standard InChI is InChI=1S/C17H23N5O/c1-20-11-8-13(12-20)17(23)21-9-4-2-6-14(21)16-19-18-15-7-3-5-10-22(15)16/h8,11-12,14H,2-7,9-10H2,1H3. The summed E-state index contributed by atoms with van der Waals surface area (Å²) in [6.45, 7) is 1.79. The number of piperidine rings is 1. The van der Waals surface area contributed by atoms with Gasteiger partial charge in [0.15, 0.2) is 5.82 Å². The topological polar surface area (TPSA) is 56.0 Å². The van der Waals surface area contributed by atoms with E-state index in [2.05, 4.69) is 14.8 Å². The first-order chi connectivity index (χ1) is 11.2. The molecular formula is C17H23N5O. The molecule has 0 spiro atoms. The van der Waals surface area contributed by atoms with Crippen molar-refractivity contribution in [2.75, 3.05) is 6.54 Å². The summed E-state index contributed by atoms with van der Waals surface area (Å²) in [6, 6.07) is 1.96. The van der Waals surface area contributed by atoms with Crippen LogP contribution in [0.25, 0.3) is 0 Å². The third-order valence-corrected chi connectivity index (χ3v) is 5.03. The van der Waals surface area contributed by atoms with Crippen LogP contribution in [-0.2, 0) is 20.0 Å². The average molecular weight is 313 g/mol. The lowest BCUT2D eigenvalue weighted by Gasteiger charge is -2.35. The Hall–Kier alpha value is -2.11. The number of rotatable bonds is 2. The zero-order chi connectivity index (χ0) is 15.8. The van der Waals surface area contributed by atoms with Gasteiger partial charge in [0, 0.05) is 39.0 Å². The second-order valence-corrected chi connectivity index (χ2v) is 6.66. The lowest BCUT2D eigenvalue weighted by molar-refractivity contribution is 0.0593. The molecular weight excluding hydrogens is 290 g/mol. The monoisotopic (exact) mass is 313 g/mol. The zero-order valence-electron chi connectivity index (χ0n) is 13.6. The summed E-state index contributed by atoms with van der Waals surface area (Å²) < 4.78 is 4.18. The fraction of sp³-hybridized carbons (Fsp3) is 0.588. The lowest BCUT2D eigenvalue weighted by atomic mass is 10.00. The van der Waals surface area contributed by atoms with Crippen molar-refractivity contribution in [3.63, 3.8) is 0 Å². The Labute approximate surface area is 136 Å². The van der Waals surface area contributed by atoms with Crippen molar-refractivity contribution in [2.24, 2.45) is 7.05 Å². The molecule has 6 nitrogen and oxygen atoms in total. The second kappa shape index (κ2) is 5.83. The minimum atomic E-state index is 0.0656. The van der Waals surface area contributed by atoms with Gasteiger partial charge in [0.05, 0.1) is 11.6 Å². The van der Waals surface area contributed by atoms with E-state index in [1.165, 1.54) is 12.8 Å². The molecule has 2 aromatic rings. The van der Waals surface area contributed by atoms with Gasteiger partial charge < -0.3 is 14.0 Å².